The average Bonchev–Trinajstić information content (AvgIpc) is 2.19. The van der Waals surface area contributed by atoms with Gasteiger partial charge >= 0.3 is 0 Å². The van der Waals surface area contributed by atoms with Crippen LogP contribution in [0.25, 0.3) is 0 Å². The van der Waals surface area contributed by atoms with Crippen molar-refractivity contribution in [1.82, 2.24) is 0 Å². The second-order valence-electron chi connectivity index (χ2n) is 3.46. The molecule has 0 heterocycles. The number of aryl methyl sites for hydroxylation is 2. The summed E-state index contributed by atoms with van der Waals surface area (Å²) in [4.78, 5) is 0. The van der Waals surface area contributed by atoms with E-state index in [-0.39, 0.29) is 0 Å². The van der Waals surface area contributed by atoms with Crippen LogP contribution in [0.3, 0.4) is 0 Å². The summed E-state index contributed by atoms with van der Waals surface area (Å²) in [6.07, 6.45) is 1.93. The van der Waals surface area contributed by atoms with E-state index in [1.54, 1.807) is 0 Å². The van der Waals surface area contributed by atoms with Gasteiger partial charge in [-0.05, 0) is 43.5 Å². The van der Waals surface area contributed by atoms with Crippen LogP contribution in [0.4, 0.5) is 0 Å². The first kappa shape index (κ1) is 11.1. The molecule has 0 bridgehead atoms. The second-order valence-corrected chi connectivity index (χ2v) is 3.46. The third-order valence-corrected chi connectivity index (χ3v) is 2.21. The van der Waals surface area contributed by atoms with Gasteiger partial charge in [0.15, 0.2) is 0 Å². The molecule has 0 fully saturated rings. The Labute approximate surface area is 86.1 Å². The van der Waals surface area contributed by atoms with E-state index in [1.807, 2.05) is 0 Å². The van der Waals surface area contributed by atoms with Crippen molar-refractivity contribution in [2.75, 3.05) is 13.2 Å². The monoisotopic (exact) mass is 193 g/mol. The minimum Gasteiger partial charge on any atom is -0.493 e. The lowest BCUT2D eigenvalue weighted by atomic mass is 10.1. The molecule has 0 aromatic heterocycles. The zero-order valence-electron chi connectivity index (χ0n) is 9.05. The van der Waals surface area contributed by atoms with Crippen LogP contribution in [-0.4, -0.2) is 13.2 Å². The van der Waals surface area contributed by atoms with E-state index in [0.717, 1.165) is 18.6 Å². The van der Waals surface area contributed by atoms with Gasteiger partial charge in [0.1, 0.15) is 5.75 Å². The molecule has 0 spiro atoms. The Hall–Kier alpha value is -1.02. The lowest BCUT2D eigenvalue weighted by Crippen LogP contribution is -2.07. The lowest BCUT2D eigenvalue weighted by molar-refractivity contribution is 0.310. The summed E-state index contributed by atoms with van der Waals surface area (Å²) in [5.74, 6) is 1.01. The van der Waals surface area contributed by atoms with Gasteiger partial charge in [-0.15, -0.1) is 0 Å². The van der Waals surface area contributed by atoms with Crippen LogP contribution in [0, 0.1) is 6.92 Å². The second kappa shape index (κ2) is 5.66. The summed E-state index contributed by atoms with van der Waals surface area (Å²) in [5, 5.41) is 0. The molecule has 0 atom stereocenters. The van der Waals surface area contributed by atoms with Crippen LogP contribution in [0.2, 0.25) is 0 Å². The quantitative estimate of drug-likeness (QED) is 0.728. The SMILES string of the molecule is CCc1ccc(C)cc1OCCCN. The molecule has 2 N–H and O–H groups in total. The molecule has 2 heteroatoms. The fourth-order valence-electron chi connectivity index (χ4n) is 1.35. The molecule has 0 unspecified atom stereocenters. The maximum Gasteiger partial charge on any atom is 0.122 e. The topological polar surface area (TPSA) is 35.2 Å². The molecule has 0 radical (unpaired) electrons. The third kappa shape index (κ3) is 3.04. The van der Waals surface area contributed by atoms with Crippen LogP contribution in [0.5, 0.6) is 5.75 Å². The molecular formula is C12H19NO. The summed E-state index contributed by atoms with van der Waals surface area (Å²) in [7, 11) is 0. The Bertz CT molecular complexity index is 284. The van der Waals surface area contributed by atoms with E-state index < -0.39 is 0 Å². The molecule has 1 aromatic rings. The van der Waals surface area contributed by atoms with Gasteiger partial charge in [-0.3, -0.25) is 0 Å². The molecule has 0 aliphatic carbocycles. The zero-order valence-corrected chi connectivity index (χ0v) is 9.05. The molecule has 1 aromatic carbocycles. The molecule has 0 saturated heterocycles. The lowest BCUT2D eigenvalue weighted by Gasteiger charge is -2.10. The van der Waals surface area contributed by atoms with E-state index in [2.05, 4.69) is 32.0 Å². The molecule has 2 nitrogen and oxygen atoms in total. The number of hydrogen-bond acceptors (Lipinski definition) is 2. The van der Waals surface area contributed by atoms with Crippen LogP contribution >= 0.6 is 0 Å². The summed E-state index contributed by atoms with van der Waals surface area (Å²) >= 11 is 0. The Morgan fingerprint density at radius 2 is 2.14 bits per heavy atom. The Kier molecular flexibility index (Phi) is 4.47. The van der Waals surface area contributed by atoms with E-state index in [9.17, 15) is 0 Å². The average molecular weight is 193 g/mol. The molecule has 0 amide bonds. The highest BCUT2D eigenvalue weighted by molar-refractivity contribution is 5.37. The van der Waals surface area contributed by atoms with Crippen molar-refractivity contribution < 1.29 is 4.74 Å². The van der Waals surface area contributed by atoms with Crippen molar-refractivity contribution in [1.29, 1.82) is 0 Å². The number of ether oxygens (including phenoxy) is 1. The summed E-state index contributed by atoms with van der Waals surface area (Å²) in [5.41, 5.74) is 7.92. The van der Waals surface area contributed by atoms with Gasteiger partial charge in [-0.1, -0.05) is 19.1 Å². The highest BCUT2D eigenvalue weighted by Crippen LogP contribution is 2.20. The minimum absolute atomic E-state index is 0.688. The van der Waals surface area contributed by atoms with Crippen LogP contribution in [0.15, 0.2) is 18.2 Å². The van der Waals surface area contributed by atoms with Crippen molar-refractivity contribution >= 4 is 0 Å². The normalized spacial score (nSPS) is 10.2. The van der Waals surface area contributed by atoms with Crippen molar-refractivity contribution in [3.05, 3.63) is 29.3 Å². The Morgan fingerprint density at radius 1 is 1.36 bits per heavy atom. The van der Waals surface area contributed by atoms with E-state index in [4.69, 9.17) is 10.5 Å². The fourth-order valence-corrected chi connectivity index (χ4v) is 1.35. The number of rotatable bonds is 5. The zero-order chi connectivity index (χ0) is 10.4. The Morgan fingerprint density at radius 3 is 2.79 bits per heavy atom. The number of hydrogen-bond donors (Lipinski definition) is 1. The first-order valence-electron chi connectivity index (χ1n) is 5.20. The molecule has 1 rings (SSSR count). The standard InChI is InChI=1S/C12H19NO/c1-3-11-6-5-10(2)9-12(11)14-8-4-7-13/h5-6,9H,3-4,7-8,13H2,1-2H3. The first-order chi connectivity index (χ1) is 6.77. The molecule has 78 valence electrons. The molecule has 14 heavy (non-hydrogen) atoms. The van der Waals surface area contributed by atoms with Crippen LogP contribution in [0.1, 0.15) is 24.5 Å². The minimum atomic E-state index is 0.688. The fraction of sp³-hybridized carbons (Fsp3) is 0.500. The van der Waals surface area contributed by atoms with Crippen LogP contribution in [-0.2, 0) is 6.42 Å². The number of nitrogens with two attached hydrogens (primary N) is 1. The van der Waals surface area contributed by atoms with E-state index >= 15 is 0 Å². The van der Waals surface area contributed by atoms with Crippen molar-refractivity contribution in [2.45, 2.75) is 26.7 Å². The predicted octanol–water partition coefficient (Wildman–Crippen LogP) is 2.29. The predicted molar refractivity (Wildman–Crippen MR) is 59.7 cm³/mol. The maximum atomic E-state index is 5.67. The molecule has 0 aliphatic heterocycles. The Balaban J connectivity index is 2.67. The van der Waals surface area contributed by atoms with E-state index in [0.29, 0.717) is 13.2 Å². The van der Waals surface area contributed by atoms with Gasteiger partial charge in [0.05, 0.1) is 6.61 Å². The maximum absolute atomic E-state index is 5.67. The van der Waals surface area contributed by atoms with Gasteiger partial charge in [0, 0.05) is 0 Å². The van der Waals surface area contributed by atoms with Crippen molar-refractivity contribution in [3.63, 3.8) is 0 Å². The molecule has 0 saturated carbocycles. The highest BCUT2D eigenvalue weighted by atomic mass is 16.5. The van der Waals surface area contributed by atoms with Crippen molar-refractivity contribution in [3.8, 4) is 5.75 Å². The van der Waals surface area contributed by atoms with Crippen molar-refractivity contribution in [2.24, 2.45) is 5.73 Å². The van der Waals surface area contributed by atoms with Gasteiger partial charge in [0.2, 0.25) is 0 Å². The largest absolute Gasteiger partial charge is 0.493 e. The highest BCUT2D eigenvalue weighted by Gasteiger charge is 2.01. The number of benzene rings is 1. The third-order valence-electron chi connectivity index (χ3n) is 2.21. The summed E-state index contributed by atoms with van der Waals surface area (Å²) in [6, 6.07) is 6.34. The summed E-state index contributed by atoms with van der Waals surface area (Å²) < 4.78 is 5.67. The molecular weight excluding hydrogens is 174 g/mol. The first-order valence-corrected chi connectivity index (χ1v) is 5.20. The molecule has 0 aliphatic rings. The van der Waals surface area contributed by atoms with Gasteiger partial charge in [0.25, 0.3) is 0 Å². The summed E-state index contributed by atoms with van der Waals surface area (Å²) in [6.45, 7) is 5.62. The van der Waals surface area contributed by atoms with E-state index in [1.165, 1.54) is 11.1 Å². The smallest absolute Gasteiger partial charge is 0.122 e. The van der Waals surface area contributed by atoms with Crippen LogP contribution < -0.4 is 10.5 Å². The van der Waals surface area contributed by atoms with Gasteiger partial charge in [-0.2, -0.15) is 0 Å². The van der Waals surface area contributed by atoms with Gasteiger partial charge in [-0.25, -0.2) is 0 Å². The van der Waals surface area contributed by atoms with Gasteiger partial charge < -0.3 is 10.5 Å².